The Balaban J connectivity index is 1.39. The van der Waals surface area contributed by atoms with Crippen molar-refractivity contribution in [3.05, 3.63) is 82.9 Å². The molecule has 5 N–H and O–H groups in total. The van der Waals surface area contributed by atoms with E-state index < -0.39 is 0 Å². The van der Waals surface area contributed by atoms with Gasteiger partial charge in [-0.25, -0.2) is 10.1 Å². The highest BCUT2D eigenvalue weighted by atomic mass is 16.7. The second-order valence-corrected chi connectivity index (χ2v) is 9.24. The van der Waals surface area contributed by atoms with Crippen molar-refractivity contribution in [1.82, 2.24) is 5.06 Å². The molecule has 2 aliphatic rings. The molecule has 0 bridgehead atoms. The number of hydroxylamine groups is 2. The molecular weight excluding hydrogens is 466 g/mol. The van der Waals surface area contributed by atoms with Crippen molar-refractivity contribution in [1.29, 1.82) is 0 Å². The second-order valence-electron chi connectivity index (χ2n) is 9.24. The summed E-state index contributed by atoms with van der Waals surface area (Å²) < 4.78 is 0. The first-order chi connectivity index (χ1) is 17.9. The number of fused-ring (bicyclic) bond motifs is 2. The largest absolute Gasteiger partial charge is 0.399 e. The minimum Gasteiger partial charge on any atom is -0.399 e. The molecule has 2 amide bonds. The third-order valence-corrected chi connectivity index (χ3v) is 6.36. The van der Waals surface area contributed by atoms with Crippen LogP contribution < -0.4 is 16.8 Å². The van der Waals surface area contributed by atoms with Crippen LogP contribution >= 0.6 is 0 Å². The van der Waals surface area contributed by atoms with E-state index in [4.69, 9.17) is 16.3 Å². The predicted molar refractivity (Wildman–Crippen MR) is 146 cm³/mol. The molecule has 8 heteroatoms. The molecule has 5 rings (SSSR count). The fourth-order valence-electron chi connectivity index (χ4n) is 4.46. The van der Waals surface area contributed by atoms with Gasteiger partial charge >= 0.3 is 0 Å². The van der Waals surface area contributed by atoms with Gasteiger partial charge in [-0.05, 0) is 59.0 Å². The number of anilines is 2. The van der Waals surface area contributed by atoms with Gasteiger partial charge in [-0.15, -0.1) is 0 Å². The highest BCUT2D eigenvalue weighted by Gasteiger charge is 2.23. The molecule has 0 aliphatic carbocycles. The fourth-order valence-corrected chi connectivity index (χ4v) is 4.46. The molecule has 0 saturated heterocycles. The smallest absolute Gasteiger partial charge is 0.273 e. The lowest BCUT2D eigenvalue weighted by Gasteiger charge is -2.22. The summed E-state index contributed by atoms with van der Waals surface area (Å²) in [6.45, 7) is 2.69. The van der Waals surface area contributed by atoms with Crippen LogP contribution in [0.3, 0.4) is 0 Å². The van der Waals surface area contributed by atoms with Crippen LogP contribution in [0.1, 0.15) is 36.5 Å². The SMILES string of the molecule is CCCN(OCc1ccc(N)cc1)C(=O)C1=Cc2ccc(-c3ccc4c(c3)NC(=O)C4)cc2N=C(N)C1. The van der Waals surface area contributed by atoms with Gasteiger partial charge in [0.05, 0.1) is 12.1 Å². The van der Waals surface area contributed by atoms with Gasteiger partial charge in [-0.2, -0.15) is 0 Å². The number of nitrogens with two attached hydrogens (primary N) is 2. The number of amides is 2. The number of amidine groups is 1. The third kappa shape index (κ3) is 5.39. The number of aliphatic imine (C=N–C) groups is 1. The quantitative estimate of drug-likeness (QED) is 0.327. The van der Waals surface area contributed by atoms with E-state index in [0.29, 0.717) is 35.7 Å². The van der Waals surface area contributed by atoms with Crippen LogP contribution in [0.2, 0.25) is 0 Å². The number of carbonyl (C=O) groups excluding carboxylic acids is 2. The van der Waals surface area contributed by atoms with Gasteiger partial charge in [-0.3, -0.25) is 14.4 Å². The number of rotatable bonds is 7. The van der Waals surface area contributed by atoms with Crippen molar-refractivity contribution in [2.24, 2.45) is 10.7 Å². The molecule has 8 nitrogen and oxygen atoms in total. The maximum Gasteiger partial charge on any atom is 0.273 e. The molecule has 0 radical (unpaired) electrons. The number of benzene rings is 3. The molecular formula is C29H29N5O3. The molecule has 2 aliphatic heterocycles. The average Bonchev–Trinajstić information content (AvgIpc) is 3.17. The zero-order valence-electron chi connectivity index (χ0n) is 20.7. The van der Waals surface area contributed by atoms with Crippen LogP contribution in [0, 0.1) is 0 Å². The Morgan fingerprint density at radius 2 is 1.78 bits per heavy atom. The van der Waals surface area contributed by atoms with Gasteiger partial charge in [0.15, 0.2) is 0 Å². The minimum absolute atomic E-state index is 0.00310. The summed E-state index contributed by atoms with van der Waals surface area (Å²) in [5.41, 5.74) is 19.3. The standard InChI is InChI=1S/C29H29N5O3/c1-2-11-34(37-17-18-3-9-24(30)10-4-18)29(36)23-12-21-7-5-19(13-25(21)32-27(31)15-23)20-6-8-22-16-28(35)33-26(22)14-20/h3-10,12-14H,2,11,15-17,30H2,1H3,(H2,31,32)(H,33,35). The van der Waals surface area contributed by atoms with Crippen LogP contribution in [-0.2, 0) is 27.5 Å². The first-order valence-corrected chi connectivity index (χ1v) is 12.3. The molecule has 2 heterocycles. The Morgan fingerprint density at radius 3 is 2.57 bits per heavy atom. The Bertz CT molecular complexity index is 1430. The van der Waals surface area contributed by atoms with Gasteiger partial charge in [0.1, 0.15) is 12.4 Å². The molecule has 3 aromatic carbocycles. The Kier molecular flexibility index (Phi) is 6.74. The van der Waals surface area contributed by atoms with E-state index in [9.17, 15) is 9.59 Å². The zero-order chi connectivity index (χ0) is 25.9. The van der Waals surface area contributed by atoms with Crippen LogP contribution in [0.15, 0.2) is 71.2 Å². The number of nitrogens with zero attached hydrogens (tertiary/aromatic N) is 2. The van der Waals surface area contributed by atoms with Crippen molar-refractivity contribution in [3.8, 4) is 11.1 Å². The van der Waals surface area contributed by atoms with Gasteiger partial charge in [-0.1, -0.05) is 43.3 Å². The number of hydrogen-bond donors (Lipinski definition) is 3. The van der Waals surface area contributed by atoms with Crippen molar-refractivity contribution >= 4 is 40.8 Å². The van der Waals surface area contributed by atoms with Crippen LogP contribution in [-0.4, -0.2) is 29.3 Å². The molecule has 37 heavy (non-hydrogen) atoms. The van der Waals surface area contributed by atoms with Crippen LogP contribution in [0.4, 0.5) is 17.1 Å². The van der Waals surface area contributed by atoms with Gasteiger partial charge in [0.2, 0.25) is 5.91 Å². The first-order valence-electron chi connectivity index (χ1n) is 12.3. The number of carbonyl (C=O) groups is 2. The van der Waals surface area contributed by atoms with E-state index in [2.05, 4.69) is 10.3 Å². The third-order valence-electron chi connectivity index (χ3n) is 6.36. The fraction of sp³-hybridized carbons (Fsp3) is 0.207. The molecule has 0 unspecified atom stereocenters. The summed E-state index contributed by atoms with van der Waals surface area (Å²) in [5, 5.41) is 4.29. The highest BCUT2D eigenvalue weighted by Crippen LogP contribution is 2.34. The van der Waals surface area contributed by atoms with E-state index in [-0.39, 0.29) is 24.8 Å². The van der Waals surface area contributed by atoms with Gasteiger partial charge < -0.3 is 16.8 Å². The molecule has 0 saturated carbocycles. The maximum atomic E-state index is 13.5. The summed E-state index contributed by atoms with van der Waals surface area (Å²) in [6, 6.07) is 19.2. The van der Waals surface area contributed by atoms with E-state index in [1.807, 2.05) is 61.5 Å². The molecule has 0 atom stereocenters. The van der Waals surface area contributed by atoms with E-state index in [0.717, 1.165) is 39.9 Å². The predicted octanol–water partition coefficient (Wildman–Crippen LogP) is 4.58. The van der Waals surface area contributed by atoms with Crippen molar-refractivity contribution in [2.75, 3.05) is 17.6 Å². The summed E-state index contributed by atoms with van der Waals surface area (Å²) in [6.07, 6.45) is 3.20. The summed E-state index contributed by atoms with van der Waals surface area (Å²) in [7, 11) is 0. The van der Waals surface area contributed by atoms with E-state index in [1.54, 1.807) is 12.1 Å². The number of nitrogen functional groups attached to an aromatic ring is 1. The Morgan fingerprint density at radius 1 is 1.03 bits per heavy atom. The molecule has 0 fully saturated rings. The second kappa shape index (κ2) is 10.3. The van der Waals surface area contributed by atoms with Crippen molar-refractivity contribution in [3.63, 3.8) is 0 Å². The van der Waals surface area contributed by atoms with E-state index in [1.165, 1.54) is 5.06 Å². The normalized spacial score (nSPS) is 14.1. The van der Waals surface area contributed by atoms with Crippen LogP contribution in [0.25, 0.3) is 17.2 Å². The monoisotopic (exact) mass is 495 g/mol. The molecule has 3 aromatic rings. The van der Waals surface area contributed by atoms with Crippen molar-refractivity contribution in [2.45, 2.75) is 32.8 Å². The van der Waals surface area contributed by atoms with Crippen molar-refractivity contribution < 1.29 is 14.4 Å². The first kappa shape index (κ1) is 24.3. The maximum absolute atomic E-state index is 13.5. The minimum atomic E-state index is -0.235. The molecule has 0 aromatic heterocycles. The lowest BCUT2D eigenvalue weighted by atomic mass is 9.99. The number of nitrogens with one attached hydrogen (secondary N) is 1. The summed E-state index contributed by atoms with van der Waals surface area (Å²) in [5.74, 6) is 0.122. The van der Waals surface area contributed by atoms with Gasteiger partial charge in [0.25, 0.3) is 5.91 Å². The van der Waals surface area contributed by atoms with Crippen LogP contribution in [0.5, 0.6) is 0 Å². The summed E-state index contributed by atoms with van der Waals surface area (Å²) >= 11 is 0. The summed E-state index contributed by atoms with van der Waals surface area (Å²) in [4.78, 5) is 35.7. The lowest BCUT2D eigenvalue weighted by Crippen LogP contribution is -2.34. The van der Waals surface area contributed by atoms with Gasteiger partial charge in [0, 0.05) is 35.5 Å². The highest BCUT2D eigenvalue weighted by molar-refractivity contribution is 6.05. The Labute approximate surface area is 215 Å². The van der Waals surface area contributed by atoms with E-state index >= 15 is 0 Å². The Hall–Kier alpha value is -4.43. The number of hydrogen-bond acceptors (Lipinski definition) is 6. The lowest BCUT2D eigenvalue weighted by molar-refractivity contribution is -0.187. The zero-order valence-corrected chi connectivity index (χ0v) is 20.7. The molecule has 0 spiro atoms. The molecule has 188 valence electrons. The topological polar surface area (TPSA) is 123 Å². The average molecular weight is 496 g/mol.